The third-order valence-electron chi connectivity index (χ3n) is 2.06. The van der Waals surface area contributed by atoms with Crippen LogP contribution in [0.1, 0.15) is 10.4 Å². The van der Waals surface area contributed by atoms with Gasteiger partial charge in [0, 0.05) is 6.54 Å². The Balaban J connectivity index is 3.23. The molecular formula is C11H12ClNO4S. The summed E-state index contributed by atoms with van der Waals surface area (Å²) in [7, 11) is -2.57. The molecule has 1 N–H and O–H groups in total. The lowest BCUT2D eigenvalue weighted by Crippen LogP contribution is -2.24. The predicted octanol–water partition coefficient (Wildman–Crippen LogP) is 1.59. The number of rotatable bonds is 5. The van der Waals surface area contributed by atoms with E-state index in [4.69, 9.17) is 11.6 Å². The normalized spacial score (nSPS) is 11.0. The first-order valence-corrected chi connectivity index (χ1v) is 6.77. The van der Waals surface area contributed by atoms with Gasteiger partial charge in [-0.2, -0.15) is 0 Å². The summed E-state index contributed by atoms with van der Waals surface area (Å²) in [5, 5.41) is 0.0271. The van der Waals surface area contributed by atoms with Gasteiger partial charge in [0.15, 0.2) is 0 Å². The highest BCUT2D eigenvalue weighted by Gasteiger charge is 2.19. The number of methoxy groups -OCH3 is 1. The van der Waals surface area contributed by atoms with Crippen molar-refractivity contribution in [3.63, 3.8) is 0 Å². The van der Waals surface area contributed by atoms with E-state index < -0.39 is 16.0 Å². The lowest BCUT2D eigenvalue weighted by Gasteiger charge is -2.08. The smallest absolute Gasteiger partial charge is 0.337 e. The van der Waals surface area contributed by atoms with Crippen molar-refractivity contribution in [1.29, 1.82) is 0 Å². The Morgan fingerprint density at radius 3 is 2.78 bits per heavy atom. The van der Waals surface area contributed by atoms with Gasteiger partial charge in [-0.15, -0.1) is 6.58 Å². The number of carbonyl (C=O) groups is 1. The molecule has 0 aliphatic rings. The van der Waals surface area contributed by atoms with Crippen LogP contribution in [0.5, 0.6) is 0 Å². The van der Waals surface area contributed by atoms with Gasteiger partial charge in [0.2, 0.25) is 10.0 Å². The second-order valence-corrected chi connectivity index (χ2v) is 5.42. The molecule has 0 saturated heterocycles. The molecule has 98 valence electrons. The van der Waals surface area contributed by atoms with E-state index in [1.807, 2.05) is 0 Å². The van der Waals surface area contributed by atoms with E-state index in [-0.39, 0.29) is 22.0 Å². The molecule has 1 rings (SSSR count). The summed E-state index contributed by atoms with van der Waals surface area (Å²) >= 11 is 5.81. The van der Waals surface area contributed by atoms with Crippen molar-refractivity contribution in [3.8, 4) is 0 Å². The lowest BCUT2D eigenvalue weighted by molar-refractivity contribution is 0.0600. The monoisotopic (exact) mass is 289 g/mol. The van der Waals surface area contributed by atoms with Crippen molar-refractivity contribution >= 4 is 27.6 Å². The minimum absolute atomic E-state index is 0.0271. The van der Waals surface area contributed by atoms with Crippen molar-refractivity contribution in [2.24, 2.45) is 0 Å². The van der Waals surface area contributed by atoms with Crippen LogP contribution in [0.15, 0.2) is 35.7 Å². The molecule has 0 unspecified atom stereocenters. The van der Waals surface area contributed by atoms with E-state index in [1.54, 1.807) is 0 Å². The molecule has 1 aromatic carbocycles. The first kappa shape index (κ1) is 14.7. The van der Waals surface area contributed by atoms with Crippen LogP contribution in [-0.2, 0) is 14.8 Å². The van der Waals surface area contributed by atoms with Gasteiger partial charge in [-0.05, 0) is 18.2 Å². The minimum Gasteiger partial charge on any atom is -0.465 e. The Bertz CT molecular complexity index is 568. The van der Waals surface area contributed by atoms with Gasteiger partial charge >= 0.3 is 5.97 Å². The molecule has 0 spiro atoms. The predicted molar refractivity (Wildman–Crippen MR) is 68.2 cm³/mol. The maximum atomic E-state index is 11.9. The van der Waals surface area contributed by atoms with E-state index in [9.17, 15) is 13.2 Å². The summed E-state index contributed by atoms with van der Waals surface area (Å²) in [5.41, 5.74) is 0.112. The molecule has 0 saturated carbocycles. The van der Waals surface area contributed by atoms with Crippen LogP contribution in [0, 0.1) is 0 Å². The van der Waals surface area contributed by atoms with Crippen LogP contribution in [0.25, 0.3) is 0 Å². The summed E-state index contributed by atoms with van der Waals surface area (Å²) in [6, 6.07) is 3.89. The molecule has 0 aromatic heterocycles. The van der Waals surface area contributed by atoms with Crippen molar-refractivity contribution in [2.75, 3.05) is 13.7 Å². The number of benzene rings is 1. The summed E-state index contributed by atoms with van der Waals surface area (Å²) in [6.07, 6.45) is 1.40. The average Bonchev–Trinajstić information content (AvgIpc) is 2.35. The Hall–Kier alpha value is -1.37. The molecule has 0 heterocycles. The fourth-order valence-corrected chi connectivity index (χ4v) is 2.72. The lowest BCUT2D eigenvalue weighted by atomic mass is 10.2. The Morgan fingerprint density at radius 1 is 1.56 bits per heavy atom. The third-order valence-corrected chi connectivity index (χ3v) is 3.96. The zero-order valence-corrected chi connectivity index (χ0v) is 11.2. The zero-order chi connectivity index (χ0) is 13.8. The van der Waals surface area contributed by atoms with E-state index >= 15 is 0 Å². The Kier molecular flexibility index (Phi) is 4.89. The molecule has 0 fully saturated rings. The highest BCUT2D eigenvalue weighted by atomic mass is 35.5. The van der Waals surface area contributed by atoms with Gasteiger partial charge in [0.1, 0.15) is 4.90 Å². The van der Waals surface area contributed by atoms with Crippen LogP contribution in [0.4, 0.5) is 0 Å². The van der Waals surface area contributed by atoms with Crippen LogP contribution in [0.3, 0.4) is 0 Å². The number of ether oxygens (including phenoxy) is 1. The van der Waals surface area contributed by atoms with Crippen LogP contribution >= 0.6 is 11.6 Å². The maximum absolute atomic E-state index is 11.9. The molecule has 7 heteroatoms. The molecule has 0 amide bonds. The van der Waals surface area contributed by atoms with Gasteiger partial charge in [-0.25, -0.2) is 17.9 Å². The van der Waals surface area contributed by atoms with Gasteiger partial charge < -0.3 is 4.74 Å². The summed E-state index contributed by atoms with van der Waals surface area (Å²) < 4.78 is 30.5. The quantitative estimate of drug-likeness (QED) is 0.660. The van der Waals surface area contributed by atoms with E-state index in [0.29, 0.717) is 0 Å². The molecular weight excluding hydrogens is 278 g/mol. The van der Waals surface area contributed by atoms with Gasteiger partial charge in [-0.3, -0.25) is 0 Å². The Labute approximate surface area is 110 Å². The van der Waals surface area contributed by atoms with E-state index in [2.05, 4.69) is 16.0 Å². The molecule has 1 aromatic rings. The number of halogens is 1. The first-order valence-electron chi connectivity index (χ1n) is 4.91. The van der Waals surface area contributed by atoms with E-state index in [1.165, 1.54) is 31.4 Å². The standard InChI is InChI=1S/C11H12ClNO4S/c1-3-6-13-18(15,16)10-7-8(11(14)17-2)4-5-9(10)12/h3-5,7,13H,1,6H2,2H3. The molecule has 0 bridgehead atoms. The van der Waals surface area contributed by atoms with E-state index in [0.717, 1.165) is 0 Å². The highest BCUT2D eigenvalue weighted by molar-refractivity contribution is 7.89. The minimum atomic E-state index is -3.78. The first-order chi connectivity index (χ1) is 8.42. The largest absolute Gasteiger partial charge is 0.465 e. The SMILES string of the molecule is C=CCNS(=O)(=O)c1cc(C(=O)OC)ccc1Cl. The van der Waals surface area contributed by atoms with Crippen LogP contribution in [0.2, 0.25) is 5.02 Å². The highest BCUT2D eigenvalue weighted by Crippen LogP contribution is 2.22. The molecule has 0 aliphatic heterocycles. The summed E-state index contributed by atoms with van der Waals surface area (Å²) in [4.78, 5) is 11.1. The fraction of sp³-hybridized carbons (Fsp3) is 0.182. The van der Waals surface area contributed by atoms with Gasteiger partial charge in [0.25, 0.3) is 0 Å². The number of hydrogen-bond acceptors (Lipinski definition) is 4. The van der Waals surface area contributed by atoms with Crippen molar-refractivity contribution in [3.05, 3.63) is 41.4 Å². The van der Waals surface area contributed by atoms with Crippen molar-refractivity contribution in [1.82, 2.24) is 4.72 Å². The molecule has 5 nitrogen and oxygen atoms in total. The number of hydrogen-bond donors (Lipinski definition) is 1. The number of esters is 1. The van der Waals surface area contributed by atoms with Crippen LogP contribution < -0.4 is 4.72 Å². The van der Waals surface area contributed by atoms with Crippen molar-refractivity contribution in [2.45, 2.75) is 4.90 Å². The topological polar surface area (TPSA) is 72.5 Å². The number of sulfonamides is 1. The fourth-order valence-electron chi connectivity index (χ4n) is 1.20. The second kappa shape index (κ2) is 5.99. The molecule has 0 radical (unpaired) electrons. The summed E-state index contributed by atoms with van der Waals surface area (Å²) in [6.45, 7) is 3.48. The second-order valence-electron chi connectivity index (χ2n) is 3.28. The maximum Gasteiger partial charge on any atom is 0.337 e. The molecule has 0 aliphatic carbocycles. The Morgan fingerprint density at radius 2 is 2.22 bits per heavy atom. The van der Waals surface area contributed by atoms with Crippen LogP contribution in [-0.4, -0.2) is 28.0 Å². The zero-order valence-electron chi connectivity index (χ0n) is 9.64. The third kappa shape index (κ3) is 3.32. The van der Waals surface area contributed by atoms with Gasteiger partial charge in [-0.1, -0.05) is 17.7 Å². The molecule has 18 heavy (non-hydrogen) atoms. The number of nitrogens with one attached hydrogen (secondary N) is 1. The summed E-state index contributed by atoms with van der Waals surface area (Å²) in [5.74, 6) is -0.633. The van der Waals surface area contributed by atoms with Crippen molar-refractivity contribution < 1.29 is 17.9 Å². The number of carbonyl (C=O) groups excluding carboxylic acids is 1. The average molecular weight is 290 g/mol. The molecule has 0 atom stereocenters. The van der Waals surface area contributed by atoms with Gasteiger partial charge in [0.05, 0.1) is 17.7 Å².